The first-order valence-electron chi connectivity index (χ1n) is 9.29. The molecule has 0 unspecified atom stereocenters. The number of amides is 1. The lowest BCUT2D eigenvalue weighted by atomic mass is 10.2. The van der Waals surface area contributed by atoms with Gasteiger partial charge in [0.05, 0.1) is 24.9 Å². The van der Waals surface area contributed by atoms with Gasteiger partial charge in [-0.2, -0.15) is 5.10 Å². The van der Waals surface area contributed by atoms with E-state index in [-0.39, 0.29) is 12.3 Å². The van der Waals surface area contributed by atoms with Crippen molar-refractivity contribution in [3.05, 3.63) is 70.5 Å². The molecular weight excluding hydrogens is 370 g/mol. The van der Waals surface area contributed by atoms with Crippen LogP contribution in [-0.4, -0.2) is 23.7 Å². The molecule has 1 amide bonds. The van der Waals surface area contributed by atoms with Crippen molar-refractivity contribution >= 4 is 23.5 Å². The van der Waals surface area contributed by atoms with Crippen LogP contribution in [0.2, 0.25) is 0 Å². The quantitative estimate of drug-likeness (QED) is 0.326. The van der Waals surface area contributed by atoms with E-state index >= 15 is 0 Å². The van der Waals surface area contributed by atoms with E-state index in [1.165, 1.54) is 11.3 Å². The number of thiazole rings is 1. The third-order valence-electron chi connectivity index (χ3n) is 3.98. The minimum Gasteiger partial charge on any atom is -0.494 e. The molecular formula is C22H23N3O2S. The van der Waals surface area contributed by atoms with E-state index in [1.54, 1.807) is 6.21 Å². The van der Waals surface area contributed by atoms with E-state index < -0.39 is 0 Å². The molecule has 0 radical (unpaired) electrons. The largest absolute Gasteiger partial charge is 0.494 e. The van der Waals surface area contributed by atoms with Gasteiger partial charge in [0.1, 0.15) is 10.8 Å². The molecule has 0 atom stereocenters. The molecule has 3 aromatic rings. The predicted molar refractivity (Wildman–Crippen MR) is 114 cm³/mol. The van der Waals surface area contributed by atoms with E-state index in [0.29, 0.717) is 0 Å². The maximum Gasteiger partial charge on any atom is 0.246 e. The van der Waals surface area contributed by atoms with E-state index in [0.717, 1.165) is 47.0 Å². The Morgan fingerprint density at radius 3 is 2.71 bits per heavy atom. The molecule has 1 N–H and O–H groups in total. The number of benzene rings is 2. The van der Waals surface area contributed by atoms with Crippen molar-refractivity contribution in [1.82, 2.24) is 10.4 Å². The number of hydrazone groups is 1. The smallest absolute Gasteiger partial charge is 0.246 e. The van der Waals surface area contributed by atoms with Crippen molar-refractivity contribution in [2.75, 3.05) is 6.61 Å². The number of unbranched alkanes of at least 4 members (excludes halogenated alkanes) is 1. The summed E-state index contributed by atoms with van der Waals surface area (Å²) in [6, 6.07) is 17.5. The molecule has 1 aromatic heterocycles. The molecule has 144 valence electrons. The van der Waals surface area contributed by atoms with Crippen molar-refractivity contribution in [3.63, 3.8) is 0 Å². The lowest BCUT2D eigenvalue weighted by molar-refractivity contribution is -0.120. The lowest BCUT2D eigenvalue weighted by Gasteiger charge is -2.04. The van der Waals surface area contributed by atoms with Crippen LogP contribution in [0.25, 0.3) is 11.3 Å². The van der Waals surface area contributed by atoms with Crippen LogP contribution in [0, 0.1) is 0 Å². The average Bonchev–Trinajstić information content (AvgIpc) is 3.18. The van der Waals surface area contributed by atoms with Gasteiger partial charge in [-0.05, 0) is 36.2 Å². The van der Waals surface area contributed by atoms with Crippen molar-refractivity contribution in [2.24, 2.45) is 5.10 Å². The van der Waals surface area contributed by atoms with Crippen LogP contribution in [0.1, 0.15) is 30.3 Å². The van der Waals surface area contributed by atoms with Gasteiger partial charge in [0, 0.05) is 10.9 Å². The number of nitrogens with one attached hydrogen (secondary N) is 1. The van der Waals surface area contributed by atoms with Crippen LogP contribution in [0.3, 0.4) is 0 Å². The molecule has 3 rings (SSSR count). The Morgan fingerprint density at radius 2 is 1.96 bits per heavy atom. The second-order valence-corrected chi connectivity index (χ2v) is 7.18. The summed E-state index contributed by atoms with van der Waals surface area (Å²) in [5.74, 6) is 0.650. The zero-order chi connectivity index (χ0) is 19.6. The lowest BCUT2D eigenvalue weighted by Crippen LogP contribution is -2.19. The van der Waals surface area contributed by atoms with Crippen LogP contribution in [0.4, 0.5) is 0 Å². The second kappa shape index (κ2) is 10.4. The average molecular weight is 394 g/mol. The highest BCUT2D eigenvalue weighted by atomic mass is 32.1. The Labute approximate surface area is 169 Å². The number of hydrogen-bond acceptors (Lipinski definition) is 5. The van der Waals surface area contributed by atoms with E-state index in [1.807, 2.05) is 60.0 Å². The summed E-state index contributed by atoms with van der Waals surface area (Å²) < 4.78 is 5.62. The third-order valence-corrected chi connectivity index (χ3v) is 4.83. The number of aromatic nitrogens is 1. The number of rotatable bonds is 9. The monoisotopic (exact) mass is 393 g/mol. The minimum absolute atomic E-state index is 0.190. The summed E-state index contributed by atoms with van der Waals surface area (Å²) in [6.45, 7) is 2.86. The third kappa shape index (κ3) is 6.03. The highest BCUT2D eigenvalue weighted by molar-refractivity contribution is 7.10. The van der Waals surface area contributed by atoms with Crippen LogP contribution in [0.5, 0.6) is 5.75 Å². The summed E-state index contributed by atoms with van der Waals surface area (Å²) >= 11 is 1.47. The number of hydrogen-bond donors (Lipinski definition) is 1. The van der Waals surface area contributed by atoms with Crippen molar-refractivity contribution in [3.8, 4) is 17.0 Å². The van der Waals surface area contributed by atoms with Gasteiger partial charge in [0.25, 0.3) is 0 Å². The van der Waals surface area contributed by atoms with Gasteiger partial charge in [-0.3, -0.25) is 4.79 Å². The fraction of sp³-hybridized carbons (Fsp3) is 0.227. The molecule has 0 aliphatic rings. The summed E-state index contributed by atoms with van der Waals surface area (Å²) in [7, 11) is 0. The molecule has 0 aliphatic heterocycles. The molecule has 28 heavy (non-hydrogen) atoms. The fourth-order valence-corrected chi connectivity index (χ4v) is 3.28. The zero-order valence-corrected chi connectivity index (χ0v) is 16.6. The Bertz CT molecular complexity index is 905. The Morgan fingerprint density at radius 1 is 1.18 bits per heavy atom. The van der Waals surface area contributed by atoms with Crippen LogP contribution in [-0.2, 0) is 11.2 Å². The van der Waals surface area contributed by atoms with Gasteiger partial charge in [-0.15, -0.1) is 11.3 Å². The second-order valence-electron chi connectivity index (χ2n) is 6.23. The molecule has 0 bridgehead atoms. The fourth-order valence-electron chi connectivity index (χ4n) is 2.47. The predicted octanol–water partition coefficient (Wildman–Crippen LogP) is 4.68. The molecule has 0 fully saturated rings. The van der Waals surface area contributed by atoms with Gasteiger partial charge in [0.2, 0.25) is 5.91 Å². The van der Waals surface area contributed by atoms with Gasteiger partial charge in [-0.25, -0.2) is 10.4 Å². The van der Waals surface area contributed by atoms with Crippen molar-refractivity contribution in [1.29, 1.82) is 0 Å². The minimum atomic E-state index is -0.190. The molecule has 2 aromatic carbocycles. The van der Waals surface area contributed by atoms with E-state index in [4.69, 9.17) is 4.74 Å². The maximum absolute atomic E-state index is 12.1. The Balaban J connectivity index is 1.47. The van der Waals surface area contributed by atoms with Gasteiger partial charge in [-0.1, -0.05) is 43.7 Å². The normalized spacial score (nSPS) is 10.9. The van der Waals surface area contributed by atoms with Gasteiger partial charge in [0.15, 0.2) is 0 Å². The molecule has 6 heteroatoms. The van der Waals surface area contributed by atoms with Crippen LogP contribution in [0.15, 0.2) is 65.1 Å². The Hall–Kier alpha value is -2.99. The summed E-state index contributed by atoms with van der Waals surface area (Å²) in [4.78, 5) is 16.6. The molecule has 0 aliphatic carbocycles. The zero-order valence-electron chi connectivity index (χ0n) is 15.8. The van der Waals surface area contributed by atoms with Gasteiger partial charge >= 0.3 is 0 Å². The van der Waals surface area contributed by atoms with Crippen molar-refractivity contribution in [2.45, 2.75) is 26.2 Å². The van der Waals surface area contributed by atoms with E-state index in [9.17, 15) is 4.79 Å². The van der Waals surface area contributed by atoms with E-state index in [2.05, 4.69) is 22.4 Å². The highest BCUT2D eigenvalue weighted by Crippen LogP contribution is 2.21. The number of ether oxygens (including phenoxy) is 1. The molecule has 0 saturated carbocycles. The standard InChI is InChI=1S/C22H23N3O2S/c1-2-3-13-27-19-11-9-17(10-12-19)15-23-25-21(26)14-22-24-20(16-28-22)18-7-5-4-6-8-18/h4-12,15-16H,2-3,13-14H2,1H3,(H,25,26)/b23-15-. The van der Waals surface area contributed by atoms with Gasteiger partial charge < -0.3 is 4.74 Å². The Kier molecular flexibility index (Phi) is 7.32. The topological polar surface area (TPSA) is 63.6 Å². The van der Waals surface area contributed by atoms with Crippen molar-refractivity contribution < 1.29 is 9.53 Å². The molecule has 1 heterocycles. The first-order valence-corrected chi connectivity index (χ1v) is 10.2. The maximum atomic E-state index is 12.1. The number of nitrogens with zero attached hydrogens (tertiary/aromatic N) is 2. The summed E-state index contributed by atoms with van der Waals surface area (Å²) in [6.07, 6.45) is 3.98. The summed E-state index contributed by atoms with van der Waals surface area (Å²) in [5, 5.41) is 6.75. The first-order chi connectivity index (χ1) is 13.7. The summed E-state index contributed by atoms with van der Waals surface area (Å²) in [5.41, 5.74) is 5.38. The van der Waals surface area contributed by atoms with Crippen LogP contribution < -0.4 is 10.2 Å². The SMILES string of the molecule is CCCCOc1ccc(/C=N\NC(=O)Cc2nc(-c3ccccc3)cs2)cc1. The number of carbonyl (C=O) groups excluding carboxylic acids is 1. The first kappa shape index (κ1) is 19.8. The number of carbonyl (C=O) groups is 1. The molecule has 0 spiro atoms. The highest BCUT2D eigenvalue weighted by Gasteiger charge is 2.08. The van der Waals surface area contributed by atoms with Crippen LogP contribution >= 0.6 is 11.3 Å². The molecule has 0 saturated heterocycles. The molecule has 5 nitrogen and oxygen atoms in total.